The van der Waals surface area contributed by atoms with Crippen molar-refractivity contribution in [3.05, 3.63) is 0 Å². The lowest BCUT2D eigenvalue weighted by atomic mass is 10.1. The first kappa shape index (κ1) is 6.55. The number of hydrogen-bond acceptors (Lipinski definition) is 0. The molecule has 0 aromatic heterocycles. The SMILES string of the molecule is CC1(C)CC[P+]1(C)C. The Morgan fingerprint density at radius 2 is 1.62 bits per heavy atom. The molecule has 0 aliphatic carbocycles. The van der Waals surface area contributed by atoms with Crippen LogP contribution in [-0.2, 0) is 0 Å². The van der Waals surface area contributed by atoms with Crippen LogP contribution in [0.2, 0.25) is 0 Å². The van der Waals surface area contributed by atoms with Crippen molar-refractivity contribution < 1.29 is 0 Å². The third kappa shape index (κ3) is 0.702. The van der Waals surface area contributed by atoms with E-state index in [-0.39, 0.29) is 0 Å². The maximum atomic E-state index is 2.47. The van der Waals surface area contributed by atoms with E-state index in [1.54, 1.807) is 0 Å². The molecular weight excluding hydrogens is 115 g/mol. The van der Waals surface area contributed by atoms with Crippen LogP contribution in [0.25, 0.3) is 0 Å². The molecule has 0 bridgehead atoms. The van der Waals surface area contributed by atoms with Crippen LogP contribution in [0.15, 0.2) is 0 Å². The maximum Gasteiger partial charge on any atom is 0.0772 e. The first-order valence-corrected chi connectivity index (χ1v) is 6.16. The average Bonchev–Trinajstić information content (AvgIpc) is 1.64. The van der Waals surface area contributed by atoms with Gasteiger partial charge in [-0.15, -0.1) is 0 Å². The maximum absolute atomic E-state index is 2.47. The Hall–Kier alpha value is 0.430. The van der Waals surface area contributed by atoms with Crippen molar-refractivity contribution in [1.82, 2.24) is 0 Å². The highest BCUT2D eigenvalue weighted by Crippen LogP contribution is 2.72. The summed E-state index contributed by atoms with van der Waals surface area (Å²) in [5, 5.41) is 0.729. The molecule has 0 spiro atoms. The molecule has 1 heteroatoms. The van der Waals surface area contributed by atoms with Crippen LogP contribution < -0.4 is 0 Å². The highest BCUT2D eigenvalue weighted by Gasteiger charge is 2.52. The zero-order chi connectivity index (χ0) is 6.41. The Kier molecular flexibility index (Phi) is 1.21. The summed E-state index contributed by atoms with van der Waals surface area (Å²) >= 11 is 0. The third-order valence-corrected chi connectivity index (χ3v) is 7.76. The van der Waals surface area contributed by atoms with Crippen LogP contribution in [0.4, 0.5) is 0 Å². The number of rotatable bonds is 0. The standard InChI is InChI=1S/C7H16P/c1-7(2)5-6-8(7,3)4/h5-6H2,1-4H3/q+1. The van der Waals surface area contributed by atoms with E-state index in [4.69, 9.17) is 0 Å². The topological polar surface area (TPSA) is 0 Å². The summed E-state index contributed by atoms with van der Waals surface area (Å²) in [6.07, 6.45) is 2.99. The van der Waals surface area contributed by atoms with Gasteiger partial charge in [0.2, 0.25) is 0 Å². The molecule has 0 amide bonds. The van der Waals surface area contributed by atoms with Crippen LogP contribution in [0.5, 0.6) is 0 Å². The molecule has 0 aromatic rings. The van der Waals surface area contributed by atoms with Crippen LogP contribution in [0, 0.1) is 0 Å². The number of hydrogen-bond donors (Lipinski definition) is 0. The van der Waals surface area contributed by atoms with Gasteiger partial charge >= 0.3 is 0 Å². The molecule has 1 aliphatic rings. The van der Waals surface area contributed by atoms with E-state index in [0.29, 0.717) is 0 Å². The van der Waals surface area contributed by atoms with Crippen LogP contribution >= 0.6 is 7.26 Å². The smallest absolute Gasteiger partial charge is 0.0256 e. The second-order valence-corrected chi connectivity index (χ2v) is 9.00. The highest BCUT2D eigenvalue weighted by atomic mass is 31.2. The lowest BCUT2D eigenvalue weighted by molar-refractivity contribution is 0.609. The summed E-state index contributed by atoms with van der Waals surface area (Å²) in [6.45, 7) is 9.75. The van der Waals surface area contributed by atoms with Gasteiger partial charge in [-0.25, -0.2) is 0 Å². The van der Waals surface area contributed by atoms with Crippen LogP contribution in [0.3, 0.4) is 0 Å². The van der Waals surface area contributed by atoms with Gasteiger partial charge in [0.05, 0.1) is 11.3 Å². The van der Waals surface area contributed by atoms with Crippen molar-refractivity contribution in [3.8, 4) is 0 Å². The third-order valence-electron chi connectivity index (χ3n) is 2.92. The minimum Gasteiger partial charge on any atom is -0.0256 e. The molecule has 0 nitrogen and oxygen atoms in total. The molecule has 0 aromatic carbocycles. The predicted octanol–water partition coefficient (Wildman–Crippen LogP) is 2.45. The Morgan fingerprint density at radius 1 is 1.25 bits per heavy atom. The first-order valence-electron chi connectivity index (χ1n) is 3.29. The lowest BCUT2D eigenvalue weighted by Gasteiger charge is -2.44. The lowest BCUT2D eigenvalue weighted by Crippen LogP contribution is -2.36. The molecule has 48 valence electrons. The van der Waals surface area contributed by atoms with Gasteiger partial charge in [-0.3, -0.25) is 0 Å². The molecule has 1 aliphatic heterocycles. The van der Waals surface area contributed by atoms with Gasteiger partial charge in [-0.1, -0.05) is 0 Å². The Bertz CT molecular complexity index is 89.0. The molecule has 8 heavy (non-hydrogen) atoms. The summed E-state index contributed by atoms with van der Waals surface area (Å²) in [4.78, 5) is 0. The van der Waals surface area contributed by atoms with Gasteiger partial charge in [0.25, 0.3) is 0 Å². The van der Waals surface area contributed by atoms with Crippen LogP contribution in [-0.4, -0.2) is 24.6 Å². The van der Waals surface area contributed by atoms with Gasteiger partial charge in [-0.2, -0.15) is 0 Å². The minimum atomic E-state index is -0.419. The van der Waals surface area contributed by atoms with Crippen molar-refractivity contribution in [3.63, 3.8) is 0 Å². The molecule has 0 unspecified atom stereocenters. The molecule has 1 saturated heterocycles. The van der Waals surface area contributed by atoms with E-state index in [1.807, 2.05) is 0 Å². The van der Waals surface area contributed by atoms with Crippen molar-refractivity contribution in [2.24, 2.45) is 0 Å². The summed E-state index contributed by atoms with van der Waals surface area (Å²) in [7, 11) is -0.419. The van der Waals surface area contributed by atoms with E-state index in [1.165, 1.54) is 12.6 Å². The minimum absolute atomic E-state index is 0.419. The van der Waals surface area contributed by atoms with E-state index >= 15 is 0 Å². The largest absolute Gasteiger partial charge is 0.0772 e. The van der Waals surface area contributed by atoms with Crippen molar-refractivity contribution in [2.45, 2.75) is 25.4 Å². The second kappa shape index (κ2) is 1.48. The van der Waals surface area contributed by atoms with Gasteiger partial charge in [-0.05, 0) is 13.8 Å². The van der Waals surface area contributed by atoms with Crippen molar-refractivity contribution in [2.75, 3.05) is 19.5 Å². The van der Waals surface area contributed by atoms with E-state index in [0.717, 1.165) is 5.16 Å². The molecule has 1 rings (SSSR count). The molecule has 0 N–H and O–H groups in total. The van der Waals surface area contributed by atoms with Crippen molar-refractivity contribution in [1.29, 1.82) is 0 Å². The predicted molar refractivity (Wildman–Crippen MR) is 42.3 cm³/mol. The molecule has 0 atom stereocenters. The zero-order valence-corrected chi connectivity index (χ0v) is 7.26. The molecule has 1 fully saturated rings. The molecule has 1 heterocycles. The second-order valence-electron chi connectivity index (χ2n) is 3.97. The van der Waals surface area contributed by atoms with E-state index in [2.05, 4.69) is 27.2 Å². The monoisotopic (exact) mass is 131 g/mol. The van der Waals surface area contributed by atoms with E-state index < -0.39 is 7.26 Å². The van der Waals surface area contributed by atoms with Crippen LogP contribution in [0.1, 0.15) is 20.3 Å². The Balaban J connectivity index is 2.63. The van der Waals surface area contributed by atoms with Crippen molar-refractivity contribution >= 4 is 7.26 Å². The molecule has 0 radical (unpaired) electrons. The normalized spacial score (nSPS) is 31.5. The zero-order valence-electron chi connectivity index (χ0n) is 6.36. The first-order chi connectivity index (χ1) is 3.46. The van der Waals surface area contributed by atoms with Gasteiger partial charge < -0.3 is 0 Å². The summed E-state index contributed by atoms with van der Waals surface area (Å²) < 4.78 is 0. The fraction of sp³-hybridized carbons (Fsp3) is 1.00. The quantitative estimate of drug-likeness (QED) is 0.443. The molecule has 0 saturated carbocycles. The van der Waals surface area contributed by atoms with Gasteiger partial charge in [0.15, 0.2) is 0 Å². The highest BCUT2D eigenvalue weighted by molar-refractivity contribution is 7.77. The fourth-order valence-electron chi connectivity index (χ4n) is 1.01. The summed E-state index contributed by atoms with van der Waals surface area (Å²) in [5.74, 6) is 0. The van der Waals surface area contributed by atoms with Gasteiger partial charge in [0.1, 0.15) is 0 Å². The average molecular weight is 131 g/mol. The molecular formula is C7H16P+. The summed E-state index contributed by atoms with van der Waals surface area (Å²) in [6, 6.07) is 0. The Labute approximate surface area is 53.0 Å². The Morgan fingerprint density at radius 3 is 1.62 bits per heavy atom. The van der Waals surface area contributed by atoms with E-state index in [9.17, 15) is 0 Å². The fourth-order valence-corrected chi connectivity index (χ4v) is 3.02. The summed E-state index contributed by atoms with van der Waals surface area (Å²) in [5.41, 5.74) is 0. The van der Waals surface area contributed by atoms with Gasteiger partial charge in [0, 0.05) is 27.0 Å².